The van der Waals surface area contributed by atoms with Gasteiger partial charge in [-0.25, -0.2) is 4.98 Å². The topological polar surface area (TPSA) is 81.3 Å². The lowest BCUT2D eigenvalue weighted by Crippen LogP contribution is -2.61. The molecule has 1 aromatic rings. The molecule has 110 valence electrons. The summed E-state index contributed by atoms with van der Waals surface area (Å²) < 4.78 is 0. The van der Waals surface area contributed by atoms with Crippen LogP contribution in [0.5, 0.6) is 0 Å². The molecule has 1 aliphatic rings. The second-order valence-electron chi connectivity index (χ2n) is 4.89. The Morgan fingerprint density at radius 1 is 1.20 bits per heavy atom. The number of hydrogen-bond acceptors (Lipinski definition) is 4. The smallest absolute Gasteiger partial charge is 0.315 e. The van der Waals surface area contributed by atoms with E-state index in [4.69, 9.17) is 23.2 Å². The maximum absolute atomic E-state index is 12.0. The van der Waals surface area contributed by atoms with Crippen molar-refractivity contribution < 1.29 is 9.59 Å². The van der Waals surface area contributed by atoms with Crippen molar-refractivity contribution in [3.8, 4) is 0 Å². The fourth-order valence-corrected chi connectivity index (χ4v) is 2.55. The molecule has 20 heavy (non-hydrogen) atoms. The Bertz CT molecular complexity index is 532. The molecule has 1 aromatic heterocycles. The highest BCUT2D eigenvalue weighted by Gasteiger charge is 2.56. The number of H-pyrrole nitrogens is 1. The predicted molar refractivity (Wildman–Crippen MR) is 74.1 cm³/mol. The number of aromatic nitrogens is 2. The molecule has 0 aromatic carbocycles. The maximum atomic E-state index is 12.0. The molecule has 1 aliphatic heterocycles. The summed E-state index contributed by atoms with van der Waals surface area (Å²) >= 11 is 11.8. The molecule has 9 heteroatoms. The molecule has 0 saturated carbocycles. The molecule has 0 bridgehead atoms. The van der Waals surface area contributed by atoms with Crippen molar-refractivity contribution in [1.29, 1.82) is 0 Å². The summed E-state index contributed by atoms with van der Waals surface area (Å²) in [6, 6.07) is -0.0266. The first-order valence-corrected chi connectivity index (χ1v) is 6.72. The van der Waals surface area contributed by atoms with Crippen molar-refractivity contribution in [3.05, 3.63) is 16.1 Å². The molecule has 2 heterocycles. The highest BCUT2D eigenvalue weighted by molar-refractivity contribution is 6.40. The average molecular weight is 320 g/mol. The standard InChI is InChI=1S/C11H15Cl2N5O2/c1-5(2)16-11(10-14-6(12)7(13)15-10)17(3)8(19)9(20)18(11)4/h5,16H,1-4H3,(H,14,15). The number of aromatic amines is 1. The zero-order valence-electron chi connectivity index (χ0n) is 11.5. The van der Waals surface area contributed by atoms with Crippen LogP contribution in [0, 0.1) is 0 Å². The summed E-state index contributed by atoms with van der Waals surface area (Å²) in [6.07, 6.45) is 0. The first-order valence-electron chi connectivity index (χ1n) is 5.97. The maximum Gasteiger partial charge on any atom is 0.315 e. The third kappa shape index (κ3) is 1.97. The van der Waals surface area contributed by atoms with E-state index in [9.17, 15) is 9.59 Å². The molecule has 2 amide bonds. The van der Waals surface area contributed by atoms with Gasteiger partial charge in [0.2, 0.25) is 5.79 Å². The number of likely N-dealkylation sites (N-methyl/N-ethyl adjacent to an activating group) is 2. The minimum Gasteiger partial charge on any atom is -0.327 e. The van der Waals surface area contributed by atoms with Gasteiger partial charge < -0.3 is 4.98 Å². The van der Waals surface area contributed by atoms with Crippen LogP contribution in [-0.4, -0.2) is 51.7 Å². The van der Waals surface area contributed by atoms with E-state index in [1.165, 1.54) is 23.9 Å². The van der Waals surface area contributed by atoms with Gasteiger partial charge in [-0.05, 0) is 13.8 Å². The molecule has 0 atom stereocenters. The largest absolute Gasteiger partial charge is 0.327 e. The van der Waals surface area contributed by atoms with E-state index in [1.807, 2.05) is 13.8 Å². The van der Waals surface area contributed by atoms with Crippen LogP contribution in [0.4, 0.5) is 0 Å². The lowest BCUT2D eigenvalue weighted by Gasteiger charge is -2.40. The van der Waals surface area contributed by atoms with Crippen molar-refractivity contribution in [3.63, 3.8) is 0 Å². The van der Waals surface area contributed by atoms with Gasteiger partial charge in [-0.15, -0.1) is 0 Å². The van der Waals surface area contributed by atoms with E-state index < -0.39 is 17.6 Å². The molecular weight excluding hydrogens is 305 g/mol. The van der Waals surface area contributed by atoms with Gasteiger partial charge in [0.1, 0.15) is 5.15 Å². The van der Waals surface area contributed by atoms with Crippen LogP contribution in [-0.2, 0) is 15.4 Å². The monoisotopic (exact) mass is 319 g/mol. The first-order chi connectivity index (χ1) is 9.21. The van der Waals surface area contributed by atoms with Crippen molar-refractivity contribution in [2.45, 2.75) is 25.7 Å². The van der Waals surface area contributed by atoms with Gasteiger partial charge in [0.15, 0.2) is 11.0 Å². The summed E-state index contributed by atoms with van der Waals surface area (Å²) in [5.41, 5.74) is 0. The Kier molecular flexibility index (Phi) is 3.70. The van der Waals surface area contributed by atoms with Crippen molar-refractivity contribution in [2.24, 2.45) is 0 Å². The number of carbonyl (C=O) groups is 2. The Balaban J connectivity index is 2.62. The van der Waals surface area contributed by atoms with Gasteiger partial charge in [-0.2, -0.15) is 0 Å². The Morgan fingerprint density at radius 3 is 2.05 bits per heavy atom. The number of amides is 2. The van der Waals surface area contributed by atoms with E-state index in [0.29, 0.717) is 0 Å². The van der Waals surface area contributed by atoms with Crippen molar-refractivity contribution >= 4 is 35.0 Å². The summed E-state index contributed by atoms with van der Waals surface area (Å²) in [7, 11) is 3.03. The number of hydrogen-bond donors (Lipinski definition) is 2. The van der Waals surface area contributed by atoms with Crippen LogP contribution in [0.25, 0.3) is 0 Å². The summed E-state index contributed by atoms with van der Waals surface area (Å²) in [5, 5.41) is 3.41. The molecule has 7 nitrogen and oxygen atoms in total. The number of nitrogens with zero attached hydrogens (tertiary/aromatic N) is 3. The van der Waals surface area contributed by atoms with E-state index in [-0.39, 0.29) is 22.2 Å². The molecule has 2 N–H and O–H groups in total. The second kappa shape index (κ2) is 4.91. The van der Waals surface area contributed by atoms with Crippen LogP contribution in [0.1, 0.15) is 19.7 Å². The van der Waals surface area contributed by atoms with Gasteiger partial charge >= 0.3 is 11.8 Å². The molecule has 1 fully saturated rings. The van der Waals surface area contributed by atoms with Gasteiger partial charge in [-0.1, -0.05) is 23.2 Å². The lowest BCUT2D eigenvalue weighted by molar-refractivity contribution is -0.142. The summed E-state index contributed by atoms with van der Waals surface area (Å²) in [6.45, 7) is 3.78. The third-order valence-electron chi connectivity index (χ3n) is 3.20. The van der Waals surface area contributed by atoms with Gasteiger partial charge in [0.05, 0.1) is 0 Å². The van der Waals surface area contributed by atoms with Crippen molar-refractivity contribution in [2.75, 3.05) is 14.1 Å². The Labute approximate surface area is 126 Å². The fourth-order valence-electron chi connectivity index (χ4n) is 2.28. The van der Waals surface area contributed by atoms with E-state index in [0.717, 1.165) is 0 Å². The molecular formula is C11H15Cl2N5O2. The van der Waals surface area contributed by atoms with Crippen molar-refractivity contribution in [1.82, 2.24) is 25.1 Å². The minimum absolute atomic E-state index is 0.0266. The molecule has 1 saturated heterocycles. The van der Waals surface area contributed by atoms with Crippen LogP contribution < -0.4 is 5.32 Å². The first kappa shape index (κ1) is 15.1. The molecule has 0 radical (unpaired) electrons. The van der Waals surface area contributed by atoms with Gasteiger partial charge in [0, 0.05) is 20.1 Å². The van der Waals surface area contributed by atoms with Gasteiger partial charge in [0.25, 0.3) is 0 Å². The van der Waals surface area contributed by atoms with Gasteiger partial charge in [-0.3, -0.25) is 24.7 Å². The summed E-state index contributed by atoms with van der Waals surface area (Å²) in [4.78, 5) is 33.4. The number of halogens is 2. The quantitative estimate of drug-likeness (QED) is 0.806. The van der Waals surface area contributed by atoms with E-state index in [1.54, 1.807) is 0 Å². The Morgan fingerprint density at radius 2 is 1.70 bits per heavy atom. The number of carbonyl (C=O) groups excluding carboxylic acids is 2. The Hall–Kier alpha value is -1.31. The lowest BCUT2D eigenvalue weighted by atomic mass is 10.2. The van der Waals surface area contributed by atoms with Crippen LogP contribution in [0.2, 0.25) is 10.3 Å². The fraction of sp³-hybridized carbons (Fsp3) is 0.545. The number of imidazole rings is 1. The molecule has 0 unspecified atom stereocenters. The van der Waals surface area contributed by atoms with Crippen LogP contribution >= 0.6 is 23.2 Å². The average Bonchev–Trinajstić information content (AvgIpc) is 2.78. The number of rotatable bonds is 3. The van der Waals surface area contributed by atoms with E-state index in [2.05, 4.69) is 15.3 Å². The van der Waals surface area contributed by atoms with E-state index >= 15 is 0 Å². The van der Waals surface area contributed by atoms with Crippen LogP contribution in [0.3, 0.4) is 0 Å². The molecule has 0 spiro atoms. The third-order valence-corrected chi connectivity index (χ3v) is 3.85. The zero-order valence-corrected chi connectivity index (χ0v) is 13.0. The number of nitrogens with one attached hydrogen (secondary N) is 2. The molecule has 0 aliphatic carbocycles. The normalized spacial score (nSPS) is 18.6. The zero-order chi connectivity index (χ0) is 15.2. The van der Waals surface area contributed by atoms with Crippen LogP contribution in [0.15, 0.2) is 0 Å². The molecule has 2 rings (SSSR count). The SMILES string of the molecule is CC(C)NC1(c2nc(Cl)c(Cl)[nH]2)N(C)C(=O)C(=O)N1C. The highest BCUT2D eigenvalue weighted by atomic mass is 35.5. The second-order valence-corrected chi connectivity index (χ2v) is 5.63. The summed E-state index contributed by atoms with van der Waals surface area (Å²) in [5.74, 6) is -2.22. The highest BCUT2D eigenvalue weighted by Crippen LogP contribution is 2.34. The predicted octanol–water partition coefficient (Wildman–Crippen LogP) is 0.755. The minimum atomic E-state index is -1.24.